The lowest BCUT2D eigenvalue weighted by atomic mass is 9.94. The van der Waals surface area contributed by atoms with Crippen LogP contribution in [0.1, 0.15) is 59.6 Å². The first-order valence-electron chi connectivity index (χ1n) is 12.3. The van der Waals surface area contributed by atoms with Crippen LogP contribution in [0.15, 0.2) is 42.5 Å². The van der Waals surface area contributed by atoms with Crippen molar-refractivity contribution in [3.8, 4) is 22.6 Å². The van der Waals surface area contributed by atoms with E-state index in [1.54, 1.807) is 6.92 Å². The molecule has 0 bridgehead atoms. The highest BCUT2D eigenvalue weighted by Crippen LogP contribution is 2.57. The molecule has 5 rings (SSSR count). The van der Waals surface area contributed by atoms with Gasteiger partial charge in [-0.05, 0) is 121 Å². The minimum Gasteiger partial charge on any atom is -0.491 e. The highest BCUT2D eigenvalue weighted by atomic mass is 19.1. The number of aliphatic hydroxyl groups is 1. The maximum atomic E-state index is 14.8. The van der Waals surface area contributed by atoms with Crippen molar-refractivity contribution in [2.75, 3.05) is 6.61 Å². The second-order valence-corrected chi connectivity index (χ2v) is 10.0. The van der Waals surface area contributed by atoms with Crippen molar-refractivity contribution in [1.82, 2.24) is 0 Å². The minimum atomic E-state index is -0.524. The van der Waals surface area contributed by atoms with Gasteiger partial charge in [-0.25, -0.2) is 4.39 Å². The van der Waals surface area contributed by atoms with Gasteiger partial charge in [0, 0.05) is 5.56 Å². The van der Waals surface area contributed by atoms with Crippen LogP contribution in [0.2, 0.25) is 0 Å². The zero-order valence-electron chi connectivity index (χ0n) is 20.5. The van der Waals surface area contributed by atoms with Crippen molar-refractivity contribution >= 4 is 0 Å². The maximum Gasteiger partial charge on any atom is 0.129 e. The molecule has 0 saturated heterocycles. The molecule has 178 valence electrons. The van der Waals surface area contributed by atoms with Crippen molar-refractivity contribution in [2.45, 2.75) is 65.6 Å². The summed E-state index contributed by atoms with van der Waals surface area (Å²) < 4.78 is 26.7. The zero-order valence-corrected chi connectivity index (χ0v) is 20.5. The number of ether oxygens (including phenoxy) is 2. The van der Waals surface area contributed by atoms with Crippen molar-refractivity contribution in [3.05, 3.63) is 81.7 Å². The predicted molar refractivity (Wildman–Crippen MR) is 133 cm³/mol. The normalized spacial score (nSPS) is 18.9. The van der Waals surface area contributed by atoms with Gasteiger partial charge >= 0.3 is 0 Å². The van der Waals surface area contributed by atoms with Crippen LogP contribution in [-0.4, -0.2) is 17.8 Å². The number of halogens is 1. The molecule has 1 saturated carbocycles. The predicted octanol–water partition coefficient (Wildman–Crippen LogP) is 6.67. The summed E-state index contributed by atoms with van der Waals surface area (Å²) in [4.78, 5) is 0. The van der Waals surface area contributed by atoms with Crippen molar-refractivity contribution in [3.63, 3.8) is 0 Å². The Morgan fingerprint density at radius 3 is 2.50 bits per heavy atom. The SMILES string of the molecule is CCc1cc2c(cc1OCc1cc(-c3c(C)cc(OC[C@H](C)O)cc3C)ccc1F)C[C@H]1C[C@@H]21. The molecule has 2 aliphatic carbocycles. The smallest absolute Gasteiger partial charge is 0.129 e. The highest BCUT2D eigenvalue weighted by molar-refractivity contribution is 5.72. The molecule has 0 unspecified atom stereocenters. The van der Waals surface area contributed by atoms with Crippen LogP contribution < -0.4 is 9.47 Å². The lowest BCUT2D eigenvalue weighted by Gasteiger charge is -2.17. The molecule has 3 aromatic carbocycles. The number of rotatable bonds is 8. The van der Waals surface area contributed by atoms with Crippen LogP contribution in [-0.2, 0) is 19.4 Å². The van der Waals surface area contributed by atoms with Gasteiger partial charge in [0.25, 0.3) is 0 Å². The maximum absolute atomic E-state index is 14.8. The summed E-state index contributed by atoms with van der Waals surface area (Å²) in [7, 11) is 0. The van der Waals surface area contributed by atoms with Gasteiger partial charge in [-0.15, -0.1) is 0 Å². The van der Waals surface area contributed by atoms with Crippen LogP contribution in [0.5, 0.6) is 11.5 Å². The molecule has 3 nitrogen and oxygen atoms in total. The molecule has 0 aliphatic heterocycles. The molecular formula is C30H33FO3. The quantitative estimate of drug-likeness (QED) is 0.408. The molecule has 1 N–H and O–H groups in total. The molecule has 3 atom stereocenters. The van der Waals surface area contributed by atoms with Crippen LogP contribution in [0, 0.1) is 25.6 Å². The number of aryl methyl sites for hydroxylation is 3. The van der Waals surface area contributed by atoms with E-state index in [4.69, 9.17) is 9.47 Å². The van der Waals surface area contributed by atoms with E-state index >= 15 is 0 Å². The Labute approximate surface area is 201 Å². The Morgan fingerprint density at radius 2 is 1.79 bits per heavy atom. The van der Waals surface area contributed by atoms with Gasteiger partial charge in [-0.3, -0.25) is 0 Å². The van der Waals surface area contributed by atoms with Crippen molar-refractivity contribution in [1.29, 1.82) is 0 Å². The number of hydrogen-bond acceptors (Lipinski definition) is 3. The summed E-state index contributed by atoms with van der Waals surface area (Å²) in [5.74, 6) is 2.96. The van der Waals surface area contributed by atoms with Crippen LogP contribution in [0.4, 0.5) is 4.39 Å². The van der Waals surface area contributed by atoms with E-state index in [9.17, 15) is 9.50 Å². The van der Waals surface area contributed by atoms with Gasteiger partial charge in [0.15, 0.2) is 0 Å². The van der Waals surface area contributed by atoms with Gasteiger partial charge in [-0.2, -0.15) is 0 Å². The standard InChI is InChI=1S/C30H33FO3/c1-5-20-12-26-23(11-22-13-27(22)26)14-29(20)34-16-24-10-21(6-7-28(24)31)30-17(2)8-25(9-18(30)3)33-15-19(4)32/h6-10,12,14,19,22,27,32H,5,11,13,15-16H2,1-4H3/t19-,22-,27+/m0/s1. The Bertz CT molecular complexity index is 1210. The summed E-state index contributed by atoms with van der Waals surface area (Å²) in [5.41, 5.74) is 8.80. The first-order valence-corrected chi connectivity index (χ1v) is 12.3. The minimum absolute atomic E-state index is 0.200. The monoisotopic (exact) mass is 460 g/mol. The Morgan fingerprint density at radius 1 is 1.03 bits per heavy atom. The van der Waals surface area contributed by atoms with E-state index in [0.717, 1.165) is 58.4 Å². The average molecular weight is 461 g/mol. The first kappa shape index (κ1) is 22.9. The molecule has 0 spiro atoms. The lowest BCUT2D eigenvalue weighted by Crippen LogP contribution is -2.13. The summed E-state index contributed by atoms with van der Waals surface area (Å²) >= 11 is 0. The molecule has 0 radical (unpaired) electrons. The van der Waals surface area contributed by atoms with Gasteiger partial charge in [0.2, 0.25) is 0 Å². The Kier molecular flexibility index (Phi) is 6.11. The fraction of sp³-hybridized carbons (Fsp3) is 0.400. The molecule has 0 aromatic heterocycles. The number of fused-ring (bicyclic) bond motifs is 3. The van der Waals surface area contributed by atoms with E-state index in [2.05, 4.69) is 19.1 Å². The molecule has 34 heavy (non-hydrogen) atoms. The molecule has 1 fully saturated rings. The van der Waals surface area contributed by atoms with E-state index in [0.29, 0.717) is 5.56 Å². The number of benzene rings is 3. The average Bonchev–Trinajstić information content (AvgIpc) is 3.48. The van der Waals surface area contributed by atoms with Crippen LogP contribution in [0.25, 0.3) is 11.1 Å². The molecule has 2 aliphatic rings. The zero-order chi connectivity index (χ0) is 24.0. The summed E-state index contributed by atoms with van der Waals surface area (Å²) in [6.45, 7) is 8.35. The van der Waals surface area contributed by atoms with Crippen molar-refractivity contribution in [2.24, 2.45) is 5.92 Å². The lowest BCUT2D eigenvalue weighted by molar-refractivity contribution is 0.122. The van der Waals surface area contributed by atoms with Crippen LogP contribution in [0.3, 0.4) is 0 Å². The van der Waals surface area contributed by atoms with Gasteiger partial charge in [0.05, 0.1) is 6.10 Å². The summed E-state index contributed by atoms with van der Waals surface area (Å²) in [5, 5.41) is 9.49. The first-order chi connectivity index (χ1) is 16.3. The fourth-order valence-electron chi connectivity index (χ4n) is 5.43. The summed E-state index contributed by atoms with van der Waals surface area (Å²) in [6.07, 6.45) is 2.87. The molecule has 4 heteroatoms. The van der Waals surface area contributed by atoms with Crippen LogP contribution >= 0.6 is 0 Å². The third-order valence-corrected chi connectivity index (χ3v) is 7.22. The third kappa shape index (κ3) is 4.44. The van der Waals surface area contributed by atoms with Gasteiger partial charge in [-0.1, -0.05) is 19.1 Å². The van der Waals surface area contributed by atoms with Gasteiger partial charge in [0.1, 0.15) is 30.5 Å². The molecular weight excluding hydrogens is 427 g/mol. The van der Waals surface area contributed by atoms with E-state index in [1.807, 2.05) is 38.1 Å². The largest absolute Gasteiger partial charge is 0.491 e. The third-order valence-electron chi connectivity index (χ3n) is 7.22. The molecule has 0 heterocycles. The van der Waals surface area contributed by atoms with Gasteiger partial charge < -0.3 is 14.6 Å². The number of aliphatic hydroxyl groups excluding tert-OH is 1. The van der Waals surface area contributed by atoms with E-state index in [1.165, 1.54) is 29.2 Å². The number of hydrogen-bond donors (Lipinski definition) is 1. The highest BCUT2D eigenvalue weighted by Gasteiger charge is 2.45. The Hall–Kier alpha value is -2.85. The second kappa shape index (κ2) is 9.07. The molecule has 3 aromatic rings. The summed E-state index contributed by atoms with van der Waals surface area (Å²) in [6, 6.07) is 13.7. The molecule has 0 amide bonds. The van der Waals surface area contributed by atoms with E-state index in [-0.39, 0.29) is 19.0 Å². The van der Waals surface area contributed by atoms with E-state index < -0.39 is 6.10 Å². The Balaban J connectivity index is 1.38. The topological polar surface area (TPSA) is 38.7 Å². The second-order valence-electron chi connectivity index (χ2n) is 10.0. The fourth-order valence-corrected chi connectivity index (χ4v) is 5.43. The van der Waals surface area contributed by atoms with Crippen molar-refractivity contribution < 1.29 is 19.0 Å².